The Hall–Kier alpha value is -4.83. The molecule has 4 rings (SSSR count). The first-order valence-corrected chi connectivity index (χ1v) is 12.4. The van der Waals surface area contributed by atoms with Crippen LogP contribution in [-0.4, -0.2) is 40.5 Å². The number of hydrogen-bond acceptors (Lipinski definition) is 8. The van der Waals surface area contributed by atoms with Gasteiger partial charge in [0.15, 0.2) is 6.10 Å². The van der Waals surface area contributed by atoms with Crippen LogP contribution in [0, 0.1) is 15.5 Å². The first kappa shape index (κ1) is 28.2. The minimum atomic E-state index is -1.47. The van der Waals surface area contributed by atoms with Gasteiger partial charge < -0.3 is 19.5 Å². The number of rotatable bonds is 9. The van der Waals surface area contributed by atoms with Crippen LogP contribution in [0.1, 0.15) is 41.4 Å². The molecule has 1 aliphatic heterocycles. The van der Waals surface area contributed by atoms with E-state index >= 15 is 0 Å². The van der Waals surface area contributed by atoms with E-state index in [1.807, 2.05) is 30.3 Å². The van der Waals surface area contributed by atoms with Gasteiger partial charge in [-0.1, -0.05) is 50.8 Å². The van der Waals surface area contributed by atoms with Crippen LogP contribution in [0.25, 0.3) is 0 Å². The fraction of sp³-hybridized carbons (Fsp3) is 0.233. The normalized spacial score (nSPS) is 16.7. The van der Waals surface area contributed by atoms with Gasteiger partial charge >= 0.3 is 11.9 Å². The van der Waals surface area contributed by atoms with Crippen LogP contribution in [0.2, 0.25) is 0 Å². The number of aliphatic hydroxyl groups is 1. The van der Waals surface area contributed by atoms with Crippen LogP contribution in [0.4, 0.5) is 11.4 Å². The SMILES string of the molecule is C=C(C(=O)O[C@H]1C(=O)N(c2ccc(C(=O)OCc3ccccc3)cc2)CC1(C)C)[C@@H](O)c1ccc([N+](=O)[O-])cc1. The molecule has 0 saturated carbocycles. The lowest BCUT2D eigenvalue weighted by Crippen LogP contribution is -2.36. The largest absolute Gasteiger partial charge is 0.457 e. The van der Waals surface area contributed by atoms with Crippen molar-refractivity contribution in [2.45, 2.75) is 32.7 Å². The van der Waals surface area contributed by atoms with Gasteiger partial charge in [-0.3, -0.25) is 14.9 Å². The van der Waals surface area contributed by atoms with Crippen molar-refractivity contribution >= 4 is 29.2 Å². The average molecular weight is 545 g/mol. The van der Waals surface area contributed by atoms with Crippen molar-refractivity contribution in [3.05, 3.63) is 118 Å². The summed E-state index contributed by atoms with van der Waals surface area (Å²) >= 11 is 0. The molecule has 2 atom stereocenters. The predicted molar refractivity (Wildman–Crippen MR) is 145 cm³/mol. The number of hydrogen-bond donors (Lipinski definition) is 1. The summed E-state index contributed by atoms with van der Waals surface area (Å²) in [5, 5.41) is 21.4. The highest BCUT2D eigenvalue weighted by molar-refractivity contribution is 6.02. The van der Waals surface area contributed by atoms with E-state index in [1.165, 1.54) is 29.2 Å². The number of non-ortho nitro benzene ring substituents is 1. The molecule has 3 aromatic carbocycles. The number of carbonyl (C=O) groups excluding carboxylic acids is 3. The standard InChI is InChI=1S/C30H28N2O8/c1-19(25(33)21-9-15-24(16-10-21)32(37)38)28(35)40-26-27(34)31(18-30(26,2)3)23-13-11-22(12-14-23)29(36)39-17-20-7-5-4-6-8-20/h4-16,25-26,33H,1,17-18H2,2-3H3/t25-,26+/m1/s1. The Morgan fingerprint density at radius 2 is 1.70 bits per heavy atom. The maximum atomic E-state index is 13.3. The number of ether oxygens (including phenoxy) is 2. The molecule has 1 N–H and O–H groups in total. The summed E-state index contributed by atoms with van der Waals surface area (Å²) in [4.78, 5) is 50.3. The molecule has 1 amide bonds. The molecule has 1 saturated heterocycles. The number of benzene rings is 3. The van der Waals surface area contributed by atoms with E-state index in [0.29, 0.717) is 11.3 Å². The molecular formula is C30H28N2O8. The van der Waals surface area contributed by atoms with Gasteiger partial charge in [0.25, 0.3) is 11.6 Å². The molecule has 206 valence electrons. The highest BCUT2D eigenvalue weighted by Gasteiger charge is 2.49. The number of esters is 2. The van der Waals surface area contributed by atoms with Gasteiger partial charge in [-0.25, -0.2) is 9.59 Å². The minimum Gasteiger partial charge on any atom is -0.457 e. The fourth-order valence-electron chi connectivity index (χ4n) is 4.33. The van der Waals surface area contributed by atoms with E-state index in [-0.39, 0.29) is 30.0 Å². The zero-order valence-electron chi connectivity index (χ0n) is 22.0. The van der Waals surface area contributed by atoms with Crippen LogP contribution in [0.5, 0.6) is 0 Å². The summed E-state index contributed by atoms with van der Waals surface area (Å²) in [5.74, 6) is -1.92. The lowest BCUT2D eigenvalue weighted by molar-refractivity contribution is -0.384. The Morgan fingerprint density at radius 3 is 2.30 bits per heavy atom. The third-order valence-corrected chi connectivity index (χ3v) is 6.63. The molecule has 1 aliphatic rings. The van der Waals surface area contributed by atoms with E-state index in [4.69, 9.17) is 9.47 Å². The van der Waals surface area contributed by atoms with Gasteiger partial charge in [-0.05, 0) is 47.5 Å². The number of nitro groups is 1. The Bertz CT molecular complexity index is 1430. The molecule has 10 heteroatoms. The first-order valence-electron chi connectivity index (χ1n) is 12.4. The second kappa shape index (κ2) is 11.5. The molecule has 0 unspecified atom stereocenters. The lowest BCUT2D eigenvalue weighted by Gasteiger charge is -2.24. The van der Waals surface area contributed by atoms with Crippen molar-refractivity contribution in [2.75, 3.05) is 11.4 Å². The molecule has 1 fully saturated rings. The molecule has 0 radical (unpaired) electrons. The lowest BCUT2D eigenvalue weighted by atomic mass is 9.89. The Morgan fingerprint density at radius 1 is 1.07 bits per heavy atom. The maximum absolute atomic E-state index is 13.3. The van der Waals surface area contributed by atoms with Crippen molar-refractivity contribution < 1.29 is 33.9 Å². The minimum absolute atomic E-state index is 0.136. The number of amides is 1. The summed E-state index contributed by atoms with van der Waals surface area (Å²) in [7, 11) is 0. The summed E-state index contributed by atoms with van der Waals surface area (Å²) in [6.07, 6.45) is -2.63. The van der Waals surface area contributed by atoms with Crippen molar-refractivity contribution in [2.24, 2.45) is 5.41 Å². The van der Waals surface area contributed by atoms with Crippen LogP contribution in [0.15, 0.2) is 91.0 Å². The van der Waals surface area contributed by atoms with Crippen LogP contribution in [0.3, 0.4) is 0 Å². The highest BCUT2D eigenvalue weighted by atomic mass is 16.6. The average Bonchev–Trinajstić information content (AvgIpc) is 3.19. The summed E-state index contributed by atoms with van der Waals surface area (Å²) < 4.78 is 10.9. The molecule has 0 aromatic heterocycles. The quantitative estimate of drug-likeness (QED) is 0.180. The highest BCUT2D eigenvalue weighted by Crippen LogP contribution is 2.37. The topological polar surface area (TPSA) is 136 Å². The number of nitro benzene ring substituents is 1. The summed E-state index contributed by atoms with van der Waals surface area (Å²) in [6.45, 7) is 7.53. The fourth-order valence-corrected chi connectivity index (χ4v) is 4.33. The molecular weight excluding hydrogens is 516 g/mol. The number of aliphatic hydroxyl groups excluding tert-OH is 1. The maximum Gasteiger partial charge on any atom is 0.338 e. The Balaban J connectivity index is 1.40. The van der Waals surface area contributed by atoms with E-state index in [9.17, 15) is 29.6 Å². The third kappa shape index (κ3) is 6.08. The van der Waals surface area contributed by atoms with Crippen molar-refractivity contribution in [3.63, 3.8) is 0 Å². The zero-order valence-corrected chi connectivity index (χ0v) is 22.0. The molecule has 40 heavy (non-hydrogen) atoms. The van der Waals surface area contributed by atoms with Crippen molar-refractivity contribution in [1.82, 2.24) is 0 Å². The summed E-state index contributed by atoms with van der Waals surface area (Å²) in [5.41, 5.74) is 0.660. The number of nitrogens with zero attached hydrogens (tertiary/aromatic N) is 2. The van der Waals surface area contributed by atoms with Crippen LogP contribution >= 0.6 is 0 Å². The van der Waals surface area contributed by atoms with Crippen LogP contribution in [-0.2, 0) is 25.7 Å². The van der Waals surface area contributed by atoms with E-state index in [2.05, 4.69) is 6.58 Å². The molecule has 1 heterocycles. The first-order chi connectivity index (χ1) is 19.0. The Kier molecular flexibility index (Phi) is 8.11. The van der Waals surface area contributed by atoms with Gasteiger partial charge in [-0.2, -0.15) is 0 Å². The number of carbonyl (C=O) groups is 3. The molecule has 10 nitrogen and oxygen atoms in total. The van der Waals surface area contributed by atoms with Gasteiger partial charge in [0.1, 0.15) is 12.7 Å². The van der Waals surface area contributed by atoms with Crippen molar-refractivity contribution in [3.8, 4) is 0 Å². The van der Waals surface area contributed by atoms with Crippen molar-refractivity contribution in [1.29, 1.82) is 0 Å². The number of anilines is 1. The van der Waals surface area contributed by atoms with Crippen LogP contribution < -0.4 is 4.90 Å². The second-order valence-electron chi connectivity index (χ2n) is 10.1. The monoisotopic (exact) mass is 544 g/mol. The van der Waals surface area contributed by atoms with Gasteiger partial charge in [0.05, 0.1) is 16.1 Å². The summed E-state index contributed by atoms with van der Waals surface area (Å²) in [6, 6.07) is 20.7. The van der Waals surface area contributed by atoms with Gasteiger partial charge in [0.2, 0.25) is 0 Å². The van der Waals surface area contributed by atoms with E-state index in [1.54, 1.807) is 38.1 Å². The third-order valence-electron chi connectivity index (χ3n) is 6.63. The molecule has 0 bridgehead atoms. The second-order valence-corrected chi connectivity index (χ2v) is 10.1. The predicted octanol–water partition coefficient (Wildman–Crippen LogP) is 4.53. The molecule has 3 aromatic rings. The Labute approximate surface area is 230 Å². The molecule has 0 spiro atoms. The van der Waals surface area contributed by atoms with Gasteiger partial charge in [-0.15, -0.1) is 0 Å². The van der Waals surface area contributed by atoms with Gasteiger partial charge in [0, 0.05) is 29.8 Å². The van der Waals surface area contributed by atoms with E-state index < -0.39 is 40.4 Å². The molecule has 0 aliphatic carbocycles. The van der Waals surface area contributed by atoms with E-state index in [0.717, 1.165) is 5.56 Å². The smallest absolute Gasteiger partial charge is 0.338 e. The zero-order chi connectivity index (χ0) is 29.0.